The van der Waals surface area contributed by atoms with Crippen LogP contribution >= 0.6 is 11.6 Å². The molecule has 0 aromatic heterocycles. The van der Waals surface area contributed by atoms with Gasteiger partial charge in [0.15, 0.2) is 0 Å². The van der Waals surface area contributed by atoms with Gasteiger partial charge in [-0.3, -0.25) is 0 Å². The Morgan fingerprint density at radius 1 is 1.28 bits per heavy atom. The van der Waals surface area contributed by atoms with Crippen LogP contribution < -0.4 is 5.32 Å². The largest absolute Gasteiger partial charge is 0.381 e. The van der Waals surface area contributed by atoms with Crippen LogP contribution in [0.25, 0.3) is 0 Å². The van der Waals surface area contributed by atoms with Crippen molar-refractivity contribution in [2.45, 2.75) is 24.9 Å². The third kappa shape index (κ3) is 3.19. The molecular weight excluding hydrogens is 260 g/mol. The first-order valence-corrected chi connectivity index (χ1v) is 6.51. The van der Waals surface area contributed by atoms with E-state index in [1.54, 1.807) is 0 Å². The lowest BCUT2D eigenvalue weighted by Crippen LogP contribution is -2.50. The molecule has 0 spiro atoms. The van der Waals surface area contributed by atoms with Crippen molar-refractivity contribution in [2.24, 2.45) is 0 Å². The summed E-state index contributed by atoms with van der Waals surface area (Å²) in [6.07, 6.45) is 1.61. The van der Waals surface area contributed by atoms with Gasteiger partial charge in [-0.2, -0.15) is 0 Å². The standard InChI is InChI=1S/C13H16ClF2NO/c14-9-13(3-5-18-6-4-13)17-8-10-1-2-11(15)7-12(10)16/h1-2,7,17H,3-6,8-9H2. The third-order valence-electron chi connectivity index (χ3n) is 3.37. The number of ether oxygens (including phenoxy) is 1. The zero-order chi connectivity index (χ0) is 13.0. The average molecular weight is 276 g/mol. The molecule has 1 aromatic rings. The van der Waals surface area contributed by atoms with Crippen molar-refractivity contribution in [3.8, 4) is 0 Å². The molecule has 1 heterocycles. The normalized spacial score (nSPS) is 18.8. The van der Waals surface area contributed by atoms with Gasteiger partial charge in [0.25, 0.3) is 0 Å². The van der Waals surface area contributed by atoms with Crippen LogP contribution in [0.3, 0.4) is 0 Å². The number of benzene rings is 1. The molecule has 1 N–H and O–H groups in total. The van der Waals surface area contributed by atoms with E-state index in [1.165, 1.54) is 12.1 Å². The van der Waals surface area contributed by atoms with Gasteiger partial charge in [0.05, 0.1) is 0 Å². The quantitative estimate of drug-likeness (QED) is 0.853. The predicted molar refractivity (Wildman–Crippen MR) is 66.7 cm³/mol. The summed E-state index contributed by atoms with van der Waals surface area (Å²) in [6, 6.07) is 3.62. The van der Waals surface area contributed by atoms with Gasteiger partial charge in [-0.05, 0) is 18.9 Å². The summed E-state index contributed by atoms with van der Waals surface area (Å²) in [5.41, 5.74) is 0.244. The molecule has 1 aliphatic rings. The maximum Gasteiger partial charge on any atom is 0.130 e. The molecule has 0 saturated carbocycles. The Morgan fingerprint density at radius 3 is 2.61 bits per heavy atom. The molecule has 1 fully saturated rings. The van der Waals surface area contributed by atoms with E-state index in [9.17, 15) is 8.78 Å². The molecule has 0 radical (unpaired) electrons. The fraction of sp³-hybridized carbons (Fsp3) is 0.538. The Morgan fingerprint density at radius 2 is 2.00 bits per heavy atom. The van der Waals surface area contributed by atoms with Crippen molar-refractivity contribution in [3.63, 3.8) is 0 Å². The minimum Gasteiger partial charge on any atom is -0.381 e. The van der Waals surface area contributed by atoms with E-state index >= 15 is 0 Å². The molecule has 1 aliphatic heterocycles. The topological polar surface area (TPSA) is 21.3 Å². The third-order valence-corrected chi connectivity index (χ3v) is 3.89. The molecule has 0 amide bonds. The van der Waals surface area contributed by atoms with E-state index < -0.39 is 11.6 Å². The van der Waals surface area contributed by atoms with E-state index in [-0.39, 0.29) is 5.54 Å². The summed E-state index contributed by atoms with van der Waals surface area (Å²) in [7, 11) is 0. The zero-order valence-electron chi connectivity index (χ0n) is 10.0. The second-order valence-electron chi connectivity index (χ2n) is 4.62. The highest BCUT2D eigenvalue weighted by molar-refractivity contribution is 6.18. The van der Waals surface area contributed by atoms with E-state index in [4.69, 9.17) is 16.3 Å². The fourth-order valence-electron chi connectivity index (χ4n) is 2.07. The van der Waals surface area contributed by atoms with Gasteiger partial charge in [0, 0.05) is 42.8 Å². The van der Waals surface area contributed by atoms with Crippen molar-refractivity contribution in [1.29, 1.82) is 0 Å². The predicted octanol–water partition coefficient (Wildman–Crippen LogP) is 2.84. The van der Waals surface area contributed by atoms with Gasteiger partial charge >= 0.3 is 0 Å². The van der Waals surface area contributed by atoms with Crippen LogP contribution in [0.2, 0.25) is 0 Å². The highest BCUT2D eigenvalue weighted by Gasteiger charge is 2.31. The highest BCUT2D eigenvalue weighted by atomic mass is 35.5. The molecule has 0 atom stereocenters. The number of alkyl halides is 1. The van der Waals surface area contributed by atoms with Gasteiger partial charge < -0.3 is 10.1 Å². The molecule has 2 rings (SSSR count). The number of hydrogen-bond acceptors (Lipinski definition) is 2. The van der Waals surface area contributed by atoms with E-state index in [1.807, 2.05) is 0 Å². The van der Waals surface area contributed by atoms with Crippen molar-refractivity contribution in [2.75, 3.05) is 19.1 Å². The van der Waals surface area contributed by atoms with Gasteiger partial charge in [-0.25, -0.2) is 8.78 Å². The average Bonchev–Trinajstić information content (AvgIpc) is 2.39. The van der Waals surface area contributed by atoms with Crippen LogP contribution in [0.4, 0.5) is 8.78 Å². The summed E-state index contributed by atoms with van der Waals surface area (Å²) in [4.78, 5) is 0. The second kappa shape index (κ2) is 5.95. The van der Waals surface area contributed by atoms with Crippen LogP contribution in [0.15, 0.2) is 18.2 Å². The Bertz CT molecular complexity index is 408. The summed E-state index contributed by atoms with van der Waals surface area (Å²) < 4.78 is 31.6. The van der Waals surface area contributed by atoms with Gasteiger partial charge in [-0.1, -0.05) is 6.07 Å². The summed E-state index contributed by atoms with van der Waals surface area (Å²) in [5.74, 6) is -0.632. The van der Waals surface area contributed by atoms with E-state index in [0.717, 1.165) is 18.9 Å². The molecule has 2 nitrogen and oxygen atoms in total. The number of halogens is 3. The molecule has 5 heteroatoms. The maximum absolute atomic E-state index is 13.5. The summed E-state index contributed by atoms with van der Waals surface area (Å²) >= 11 is 6.00. The molecule has 100 valence electrons. The van der Waals surface area contributed by atoms with E-state index in [0.29, 0.717) is 31.2 Å². The molecule has 0 unspecified atom stereocenters. The summed E-state index contributed by atoms with van der Waals surface area (Å²) in [5, 5.41) is 3.29. The van der Waals surface area contributed by atoms with Crippen molar-refractivity contribution >= 4 is 11.6 Å². The van der Waals surface area contributed by atoms with E-state index in [2.05, 4.69) is 5.32 Å². The van der Waals surface area contributed by atoms with Crippen molar-refractivity contribution < 1.29 is 13.5 Å². The van der Waals surface area contributed by atoms with Crippen molar-refractivity contribution in [1.82, 2.24) is 5.32 Å². The Balaban J connectivity index is 2.01. The molecule has 1 aromatic carbocycles. The first-order valence-electron chi connectivity index (χ1n) is 5.98. The van der Waals surface area contributed by atoms with Gasteiger partial charge in [0.2, 0.25) is 0 Å². The fourth-order valence-corrected chi connectivity index (χ4v) is 2.43. The molecule has 1 saturated heterocycles. The highest BCUT2D eigenvalue weighted by Crippen LogP contribution is 2.23. The van der Waals surface area contributed by atoms with Crippen LogP contribution in [0.1, 0.15) is 18.4 Å². The molecule has 18 heavy (non-hydrogen) atoms. The minimum absolute atomic E-state index is 0.208. The Labute approximate surface area is 110 Å². The lowest BCUT2D eigenvalue weighted by molar-refractivity contribution is 0.0458. The minimum atomic E-state index is -0.561. The smallest absolute Gasteiger partial charge is 0.130 e. The van der Waals surface area contributed by atoms with Crippen LogP contribution in [-0.2, 0) is 11.3 Å². The van der Waals surface area contributed by atoms with Gasteiger partial charge in [-0.15, -0.1) is 11.6 Å². The first-order chi connectivity index (χ1) is 8.65. The Kier molecular flexibility index (Phi) is 4.54. The van der Waals surface area contributed by atoms with Crippen LogP contribution in [-0.4, -0.2) is 24.6 Å². The van der Waals surface area contributed by atoms with Crippen LogP contribution in [0, 0.1) is 11.6 Å². The van der Waals surface area contributed by atoms with Gasteiger partial charge in [0.1, 0.15) is 11.6 Å². The lowest BCUT2D eigenvalue weighted by Gasteiger charge is -2.36. The Hall–Kier alpha value is -0.710. The van der Waals surface area contributed by atoms with Crippen LogP contribution in [0.5, 0.6) is 0 Å². The second-order valence-corrected chi connectivity index (χ2v) is 4.88. The molecule has 0 aliphatic carbocycles. The zero-order valence-corrected chi connectivity index (χ0v) is 10.8. The summed E-state index contributed by atoms with van der Waals surface area (Å²) in [6.45, 7) is 1.66. The molecular formula is C13H16ClF2NO. The SMILES string of the molecule is Fc1ccc(CNC2(CCl)CCOCC2)c(F)c1. The first kappa shape index (κ1) is 13.7. The molecule has 0 bridgehead atoms. The van der Waals surface area contributed by atoms with Crippen molar-refractivity contribution in [3.05, 3.63) is 35.4 Å². The number of hydrogen-bond donors (Lipinski definition) is 1. The maximum atomic E-state index is 13.5. The number of nitrogens with one attached hydrogen (secondary N) is 1. The monoisotopic (exact) mass is 275 g/mol. The number of rotatable bonds is 4. The lowest BCUT2D eigenvalue weighted by atomic mass is 9.92.